The van der Waals surface area contributed by atoms with E-state index in [2.05, 4.69) is 13.8 Å². The van der Waals surface area contributed by atoms with Crippen LogP contribution in [0.2, 0.25) is 0 Å². The van der Waals surface area contributed by atoms with Crippen molar-refractivity contribution in [1.82, 2.24) is 0 Å². The molecule has 1 fully saturated rings. The topological polar surface area (TPSA) is 44.5 Å². The van der Waals surface area contributed by atoms with Crippen molar-refractivity contribution in [2.24, 2.45) is 5.73 Å². The second kappa shape index (κ2) is 6.21. The van der Waals surface area contributed by atoms with Gasteiger partial charge in [0, 0.05) is 0 Å². The van der Waals surface area contributed by atoms with Gasteiger partial charge in [0.1, 0.15) is 5.75 Å². The van der Waals surface area contributed by atoms with Crippen molar-refractivity contribution in [3.8, 4) is 5.75 Å². The van der Waals surface area contributed by atoms with E-state index >= 15 is 0 Å². The standard InChI is InChI=1S/C15H23NO2/c1-3-10-17-13-7-5-12(6-8-13)15(16)14-9-4-11(2)18-14/h5-8,11,14-15H,3-4,9-10,16H2,1-2H3. The van der Waals surface area contributed by atoms with Crippen LogP contribution in [0.3, 0.4) is 0 Å². The maximum absolute atomic E-state index is 6.25. The highest BCUT2D eigenvalue weighted by Gasteiger charge is 2.28. The van der Waals surface area contributed by atoms with Gasteiger partial charge in [-0.05, 0) is 43.9 Å². The van der Waals surface area contributed by atoms with Gasteiger partial charge in [0.15, 0.2) is 0 Å². The molecule has 1 saturated heterocycles. The van der Waals surface area contributed by atoms with Crippen molar-refractivity contribution >= 4 is 0 Å². The minimum absolute atomic E-state index is 0.0322. The van der Waals surface area contributed by atoms with Crippen LogP contribution in [0, 0.1) is 0 Å². The Morgan fingerprint density at radius 1 is 1.33 bits per heavy atom. The minimum Gasteiger partial charge on any atom is -0.494 e. The second-order valence-electron chi connectivity index (χ2n) is 5.01. The van der Waals surface area contributed by atoms with E-state index in [1.54, 1.807) is 0 Å². The van der Waals surface area contributed by atoms with Crippen LogP contribution in [-0.4, -0.2) is 18.8 Å². The smallest absolute Gasteiger partial charge is 0.119 e. The highest BCUT2D eigenvalue weighted by Crippen LogP contribution is 2.29. The molecule has 1 aliphatic heterocycles. The van der Waals surface area contributed by atoms with Crippen molar-refractivity contribution in [3.63, 3.8) is 0 Å². The van der Waals surface area contributed by atoms with E-state index in [9.17, 15) is 0 Å². The molecule has 1 aromatic carbocycles. The van der Waals surface area contributed by atoms with Crippen molar-refractivity contribution < 1.29 is 9.47 Å². The maximum Gasteiger partial charge on any atom is 0.119 e. The van der Waals surface area contributed by atoms with Gasteiger partial charge >= 0.3 is 0 Å². The van der Waals surface area contributed by atoms with Gasteiger partial charge in [-0.2, -0.15) is 0 Å². The van der Waals surface area contributed by atoms with Crippen molar-refractivity contribution in [2.75, 3.05) is 6.61 Å². The Morgan fingerprint density at radius 3 is 2.61 bits per heavy atom. The third-order valence-electron chi connectivity index (χ3n) is 3.40. The Labute approximate surface area is 109 Å². The Kier molecular flexibility index (Phi) is 4.61. The van der Waals surface area contributed by atoms with Crippen molar-refractivity contribution in [2.45, 2.75) is 51.4 Å². The summed E-state index contributed by atoms with van der Waals surface area (Å²) in [5.41, 5.74) is 7.37. The number of benzene rings is 1. The molecule has 0 aromatic heterocycles. The number of nitrogens with two attached hydrogens (primary N) is 1. The van der Waals surface area contributed by atoms with Crippen LogP contribution in [0.5, 0.6) is 5.75 Å². The number of rotatable bonds is 5. The van der Waals surface area contributed by atoms with E-state index < -0.39 is 0 Å². The average Bonchev–Trinajstić information content (AvgIpc) is 2.83. The van der Waals surface area contributed by atoms with Gasteiger partial charge in [-0.25, -0.2) is 0 Å². The molecule has 18 heavy (non-hydrogen) atoms. The molecule has 1 heterocycles. The van der Waals surface area contributed by atoms with Crippen LogP contribution in [0.25, 0.3) is 0 Å². The van der Waals surface area contributed by atoms with E-state index in [4.69, 9.17) is 15.2 Å². The number of ether oxygens (including phenoxy) is 2. The predicted molar refractivity (Wildman–Crippen MR) is 72.7 cm³/mol. The average molecular weight is 249 g/mol. The predicted octanol–water partition coefficient (Wildman–Crippen LogP) is 3.04. The highest BCUT2D eigenvalue weighted by atomic mass is 16.5. The fraction of sp³-hybridized carbons (Fsp3) is 0.600. The van der Waals surface area contributed by atoms with E-state index in [0.29, 0.717) is 6.10 Å². The third kappa shape index (κ3) is 3.24. The monoisotopic (exact) mass is 249 g/mol. The molecule has 2 N–H and O–H groups in total. The van der Waals surface area contributed by atoms with E-state index in [0.717, 1.165) is 37.2 Å². The SMILES string of the molecule is CCCOc1ccc(C(N)C2CCC(C)O2)cc1. The zero-order chi connectivity index (χ0) is 13.0. The molecular weight excluding hydrogens is 226 g/mol. The maximum atomic E-state index is 6.25. The molecule has 100 valence electrons. The lowest BCUT2D eigenvalue weighted by Gasteiger charge is -2.20. The van der Waals surface area contributed by atoms with E-state index in [1.165, 1.54) is 0 Å². The van der Waals surface area contributed by atoms with Gasteiger partial charge in [0.25, 0.3) is 0 Å². The Bertz CT molecular complexity index is 363. The highest BCUT2D eigenvalue weighted by molar-refractivity contribution is 5.29. The van der Waals surface area contributed by atoms with Gasteiger partial charge in [0.2, 0.25) is 0 Å². The first kappa shape index (κ1) is 13.4. The van der Waals surface area contributed by atoms with Crippen LogP contribution in [0.1, 0.15) is 44.7 Å². The molecule has 3 heteroatoms. The largest absolute Gasteiger partial charge is 0.494 e. The summed E-state index contributed by atoms with van der Waals surface area (Å²) in [5.74, 6) is 0.911. The van der Waals surface area contributed by atoms with Crippen molar-refractivity contribution in [3.05, 3.63) is 29.8 Å². The van der Waals surface area contributed by atoms with Crippen molar-refractivity contribution in [1.29, 1.82) is 0 Å². The summed E-state index contributed by atoms with van der Waals surface area (Å²) >= 11 is 0. The lowest BCUT2D eigenvalue weighted by atomic mass is 10.00. The van der Waals surface area contributed by atoms with Gasteiger partial charge < -0.3 is 15.2 Å². The summed E-state index contributed by atoms with van der Waals surface area (Å²) < 4.78 is 11.4. The molecule has 0 bridgehead atoms. The molecule has 3 atom stereocenters. The lowest BCUT2D eigenvalue weighted by molar-refractivity contribution is 0.0401. The molecule has 1 aromatic rings. The summed E-state index contributed by atoms with van der Waals surface area (Å²) in [4.78, 5) is 0. The van der Waals surface area contributed by atoms with Gasteiger partial charge in [-0.1, -0.05) is 19.1 Å². The molecule has 3 nitrogen and oxygen atoms in total. The first-order valence-corrected chi connectivity index (χ1v) is 6.84. The quantitative estimate of drug-likeness (QED) is 0.872. The van der Waals surface area contributed by atoms with Gasteiger partial charge in [0.05, 0.1) is 24.9 Å². The molecule has 0 aliphatic carbocycles. The number of hydrogen-bond donors (Lipinski definition) is 1. The Morgan fingerprint density at radius 2 is 2.06 bits per heavy atom. The normalized spacial score (nSPS) is 25.1. The summed E-state index contributed by atoms with van der Waals surface area (Å²) in [7, 11) is 0. The fourth-order valence-electron chi connectivity index (χ4n) is 2.32. The summed E-state index contributed by atoms with van der Waals surface area (Å²) in [6, 6.07) is 8.03. The van der Waals surface area contributed by atoms with Crippen LogP contribution < -0.4 is 10.5 Å². The zero-order valence-electron chi connectivity index (χ0n) is 11.3. The van der Waals surface area contributed by atoms with Gasteiger partial charge in [-0.3, -0.25) is 0 Å². The van der Waals surface area contributed by atoms with Crippen LogP contribution in [-0.2, 0) is 4.74 Å². The molecule has 0 saturated carbocycles. The molecule has 3 unspecified atom stereocenters. The first-order valence-electron chi connectivity index (χ1n) is 6.84. The molecule has 1 aliphatic rings. The van der Waals surface area contributed by atoms with Crippen LogP contribution in [0.4, 0.5) is 0 Å². The molecule has 0 spiro atoms. The lowest BCUT2D eigenvalue weighted by Crippen LogP contribution is -2.26. The van der Waals surface area contributed by atoms with Gasteiger partial charge in [-0.15, -0.1) is 0 Å². The van der Waals surface area contributed by atoms with Crippen LogP contribution >= 0.6 is 0 Å². The number of hydrogen-bond acceptors (Lipinski definition) is 3. The minimum atomic E-state index is -0.0322. The summed E-state index contributed by atoms with van der Waals surface area (Å²) in [6.07, 6.45) is 3.68. The first-order chi connectivity index (χ1) is 8.70. The third-order valence-corrected chi connectivity index (χ3v) is 3.40. The fourth-order valence-corrected chi connectivity index (χ4v) is 2.32. The Balaban J connectivity index is 1.96. The molecule has 0 radical (unpaired) electrons. The van der Waals surface area contributed by atoms with E-state index in [-0.39, 0.29) is 12.1 Å². The second-order valence-corrected chi connectivity index (χ2v) is 5.01. The van der Waals surface area contributed by atoms with E-state index in [1.807, 2.05) is 24.3 Å². The summed E-state index contributed by atoms with van der Waals surface area (Å²) in [6.45, 7) is 4.96. The Hall–Kier alpha value is -1.06. The molecular formula is C15H23NO2. The molecule has 0 amide bonds. The van der Waals surface area contributed by atoms with Crippen LogP contribution in [0.15, 0.2) is 24.3 Å². The zero-order valence-corrected chi connectivity index (χ0v) is 11.3. The molecule has 2 rings (SSSR count). The summed E-state index contributed by atoms with van der Waals surface area (Å²) in [5, 5.41) is 0.